The van der Waals surface area contributed by atoms with Crippen molar-refractivity contribution in [2.24, 2.45) is 0 Å². The van der Waals surface area contributed by atoms with Crippen molar-refractivity contribution in [1.29, 1.82) is 0 Å². The van der Waals surface area contributed by atoms with Crippen molar-refractivity contribution in [3.8, 4) is 0 Å². The molecule has 1 aromatic rings. The summed E-state index contributed by atoms with van der Waals surface area (Å²) in [4.78, 5) is 24.4. The largest absolute Gasteiger partial charge is 0.443 e. The molecule has 0 bridgehead atoms. The maximum absolute atomic E-state index is 14.5. The lowest BCUT2D eigenvalue weighted by Crippen LogP contribution is -2.25. The Kier molecular flexibility index (Phi) is 4.81. The molecule has 0 saturated carbocycles. The molecule has 2 aliphatic rings. The van der Waals surface area contributed by atoms with Crippen molar-refractivity contribution in [1.82, 2.24) is 0 Å². The Hall–Kier alpha value is -1.96. The van der Waals surface area contributed by atoms with E-state index in [1.807, 2.05) is 0 Å². The lowest BCUT2D eigenvalue weighted by Gasteiger charge is -2.23. The number of carbonyl (C=O) groups excluding carboxylic acids is 2. The Morgan fingerprint density at radius 2 is 2.00 bits per heavy atom. The van der Waals surface area contributed by atoms with Crippen LogP contribution in [0.15, 0.2) is 18.2 Å². The summed E-state index contributed by atoms with van der Waals surface area (Å²) in [5.74, 6) is -0.514. The molecule has 136 valence electrons. The van der Waals surface area contributed by atoms with Gasteiger partial charge in [0.1, 0.15) is 27.5 Å². The van der Waals surface area contributed by atoms with E-state index in [4.69, 9.17) is 4.74 Å². The number of Topliss-reactive ketones (excluding diaryl/α,β-unsaturated/α-hetero) is 1. The van der Waals surface area contributed by atoms with Crippen molar-refractivity contribution < 1.29 is 27.1 Å². The van der Waals surface area contributed by atoms with Crippen molar-refractivity contribution in [2.45, 2.75) is 38.2 Å². The van der Waals surface area contributed by atoms with Gasteiger partial charge in [-0.05, 0) is 43.4 Å². The molecule has 2 saturated heterocycles. The molecule has 1 amide bonds. The van der Waals surface area contributed by atoms with Crippen LogP contribution >= 0.6 is 0 Å². The molecule has 3 rings (SSSR count). The van der Waals surface area contributed by atoms with Crippen LogP contribution in [0.3, 0.4) is 0 Å². The van der Waals surface area contributed by atoms with Gasteiger partial charge in [0.25, 0.3) is 0 Å². The van der Waals surface area contributed by atoms with Gasteiger partial charge in [0.2, 0.25) is 0 Å². The van der Waals surface area contributed by atoms with Gasteiger partial charge in [-0.25, -0.2) is 17.6 Å². The third kappa shape index (κ3) is 4.00. The van der Waals surface area contributed by atoms with Crippen LogP contribution in [-0.4, -0.2) is 44.4 Å². The Labute approximate surface area is 145 Å². The number of hydrogen-bond acceptors (Lipinski definition) is 5. The van der Waals surface area contributed by atoms with Gasteiger partial charge < -0.3 is 4.74 Å². The van der Waals surface area contributed by atoms with Crippen LogP contribution in [0, 0.1) is 5.82 Å². The average molecular weight is 369 g/mol. The number of ether oxygens (including phenoxy) is 1. The number of anilines is 1. The number of hydrogen-bond donors (Lipinski definition) is 0. The molecule has 0 spiro atoms. The first kappa shape index (κ1) is 17.8. The smallest absolute Gasteiger partial charge is 0.414 e. The predicted molar refractivity (Wildman–Crippen MR) is 89.9 cm³/mol. The lowest BCUT2D eigenvalue weighted by molar-refractivity contribution is -0.118. The monoisotopic (exact) mass is 369 g/mol. The number of rotatable bonds is 4. The SMILES string of the molecule is CC(=O)C[C@@H]1CN(c2ccc(C3CCS(=O)(=O)CC3)c(F)c2)C(=O)O1. The van der Waals surface area contributed by atoms with Crippen molar-refractivity contribution in [2.75, 3.05) is 23.0 Å². The third-order valence-corrected chi connectivity index (χ3v) is 6.39. The fraction of sp³-hybridized carbons (Fsp3) is 0.529. The second-order valence-electron chi connectivity index (χ2n) is 6.65. The number of amides is 1. The van der Waals surface area contributed by atoms with Gasteiger partial charge in [-0.2, -0.15) is 0 Å². The highest BCUT2D eigenvalue weighted by Gasteiger charge is 2.34. The van der Waals surface area contributed by atoms with Crippen molar-refractivity contribution >= 4 is 27.4 Å². The van der Waals surface area contributed by atoms with Gasteiger partial charge in [0, 0.05) is 6.42 Å². The second-order valence-corrected chi connectivity index (χ2v) is 8.96. The van der Waals surface area contributed by atoms with Gasteiger partial charge in [0.05, 0.1) is 23.7 Å². The maximum Gasteiger partial charge on any atom is 0.414 e. The topological polar surface area (TPSA) is 80.8 Å². The maximum atomic E-state index is 14.5. The number of sulfone groups is 1. The van der Waals surface area contributed by atoms with E-state index in [9.17, 15) is 22.4 Å². The van der Waals surface area contributed by atoms with E-state index in [0.29, 0.717) is 24.1 Å². The van der Waals surface area contributed by atoms with Gasteiger partial charge >= 0.3 is 6.09 Å². The van der Waals surface area contributed by atoms with E-state index < -0.39 is 27.9 Å². The molecule has 2 heterocycles. The van der Waals surface area contributed by atoms with Gasteiger partial charge in [-0.3, -0.25) is 9.69 Å². The Balaban J connectivity index is 1.74. The highest BCUT2D eigenvalue weighted by Crippen LogP contribution is 2.33. The zero-order valence-corrected chi connectivity index (χ0v) is 14.7. The molecule has 8 heteroatoms. The molecule has 0 N–H and O–H groups in total. The minimum absolute atomic E-state index is 0.0734. The Morgan fingerprint density at radius 3 is 2.60 bits per heavy atom. The van der Waals surface area contributed by atoms with Crippen LogP contribution in [-0.2, 0) is 19.4 Å². The molecule has 0 aromatic heterocycles. The van der Waals surface area contributed by atoms with E-state index in [1.54, 1.807) is 12.1 Å². The van der Waals surface area contributed by atoms with Crippen LogP contribution in [0.5, 0.6) is 0 Å². The van der Waals surface area contributed by atoms with E-state index in [2.05, 4.69) is 0 Å². The lowest BCUT2D eigenvalue weighted by atomic mass is 9.93. The molecule has 0 aliphatic carbocycles. The minimum Gasteiger partial charge on any atom is -0.443 e. The van der Waals surface area contributed by atoms with Crippen molar-refractivity contribution in [3.63, 3.8) is 0 Å². The normalized spacial score (nSPS) is 23.5. The average Bonchev–Trinajstić information content (AvgIpc) is 2.87. The highest BCUT2D eigenvalue weighted by molar-refractivity contribution is 7.91. The molecule has 25 heavy (non-hydrogen) atoms. The molecule has 6 nitrogen and oxygen atoms in total. The number of ketones is 1. The summed E-state index contributed by atoms with van der Waals surface area (Å²) in [6, 6.07) is 4.52. The summed E-state index contributed by atoms with van der Waals surface area (Å²) in [6.07, 6.45) is -0.159. The minimum atomic E-state index is -3.00. The second kappa shape index (κ2) is 6.74. The fourth-order valence-corrected chi connectivity index (χ4v) is 4.87. The third-order valence-electron chi connectivity index (χ3n) is 4.68. The summed E-state index contributed by atoms with van der Waals surface area (Å²) in [5, 5.41) is 0. The number of carbonyl (C=O) groups is 2. The van der Waals surface area contributed by atoms with E-state index >= 15 is 0 Å². The number of nitrogens with zero attached hydrogens (tertiary/aromatic N) is 1. The van der Waals surface area contributed by atoms with Gasteiger partial charge in [0.15, 0.2) is 0 Å². The molecule has 2 aliphatic heterocycles. The fourth-order valence-electron chi connectivity index (χ4n) is 3.38. The van der Waals surface area contributed by atoms with Crippen LogP contribution in [0.2, 0.25) is 0 Å². The van der Waals surface area contributed by atoms with E-state index in [-0.39, 0.29) is 36.2 Å². The summed E-state index contributed by atoms with van der Waals surface area (Å²) < 4.78 is 42.7. The molecule has 1 atom stereocenters. The zero-order chi connectivity index (χ0) is 18.2. The zero-order valence-electron chi connectivity index (χ0n) is 13.9. The number of halogens is 1. The van der Waals surface area contributed by atoms with Gasteiger partial charge in [-0.15, -0.1) is 0 Å². The standard InChI is InChI=1S/C17H20FNO5S/c1-11(20)8-14-10-19(17(21)24-14)13-2-3-15(16(18)9-13)12-4-6-25(22,23)7-5-12/h2-3,9,12,14H,4-8,10H2,1H3/t14-/m1/s1. The molecule has 0 unspecified atom stereocenters. The number of cyclic esters (lactones) is 1. The van der Waals surface area contributed by atoms with E-state index in [0.717, 1.165) is 0 Å². The molecule has 1 aromatic carbocycles. The summed E-state index contributed by atoms with van der Waals surface area (Å²) in [5.41, 5.74) is 0.854. The molecule has 0 radical (unpaired) electrons. The van der Waals surface area contributed by atoms with Crippen LogP contribution in [0.1, 0.15) is 37.7 Å². The van der Waals surface area contributed by atoms with Crippen molar-refractivity contribution in [3.05, 3.63) is 29.6 Å². The molecular weight excluding hydrogens is 349 g/mol. The first-order chi connectivity index (χ1) is 11.7. The van der Waals surface area contributed by atoms with Crippen LogP contribution in [0.25, 0.3) is 0 Å². The first-order valence-electron chi connectivity index (χ1n) is 8.22. The summed E-state index contributed by atoms with van der Waals surface area (Å²) >= 11 is 0. The van der Waals surface area contributed by atoms with Crippen LogP contribution in [0.4, 0.5) is 14.9 Å². The quantitative estimate of drug-likeness (QED) is 0.814. The Morgan fingerprint density at radius 1 is 1.32 bits per heavy atom. The van der Waals surface area contributed by atoms with E-state index in [1.165, 1.54) is 17.9 Å². The predicted octanol–water partition coefficient (Wildman–Crippen LogP) is 2.42. The summed E-state index contributed by atoms with van der Waals surface area (Å²) in [6.45, 7) is 1.63. The number of benzene rings is 1. The van der Waals surface area contributed by atoms with Gasteiger partial charge in [-0.1, -0.05) is 6.07 Å². The highest BCUT2D eigenvalue weighted by atomic mass is 32.2. The first-order valence-corrected chi connectivity index (χ1v) is 10.0. The summed E-state index contributed by atoms with van der Waals surface area (Å²) in [7, 11) is -3.00. The molecule has 2 fully saturated rings. The molecular formula is C17H20FNO5S. The Bertz CT molecular complexity index is 793. The van der Waals surface area contributed by atoms with Crippen LogP contribution < -0.4 is 4.90 Å².